The minimum absolute atomic E-state index is 0.0567. The van der Waals surface area contributed by atoms with Crippen molar-refractivity contribution in [2.24, 2.45) is 0 Å². The molecule has 1 fully saturated rings. The molecule has 0 saturated heterocycles. The Balaban J connectivity index is 1.62. The van der Waals surface area contributed by atoms with Crippen LogP contribution in [0.3, 0.4) is 0 Å². The molecule has 134 valence electrons. The van der Waals surface area contributed by atoms with E-state index in [-0.39, 0.29) is 24.5 Å². The molecule has 1 saturated carbocycles. The molecule has 1 aromatic carbocycles. The van der Waals surface area contributed by atoms with Crippen LogP contribution in [-0.4, -0.2) is 46.4 Å². The van der Waals surface area contributed by atoms with Gasteiger partial charge < -0.3 is 19.3 Å². The standard InChI is InChI=1S/C19H24N2O4/c1-12-15(13(2)25-20-12)11-18(22)21(3)16-9-10-17(19(16)23)24-14-7-5-4-6-8-14/h4-8,16-17,19,23H,9-11H2,1-3H3/t16-,17-,19-/m1/s1. The van der Waals surface area contributed by atoms with E-state index in [2.05, 4.69) is 5.16 Å². The number of aryl methyl sites for hydroxylation is 2. The molecule has 1 amide bonds. The number of benzene rings is 1. The molecule has 3 atom stereocenters. The number of carbonyl (C=O) groups is 1. The Morgan fingerprint density at radius 1 is 1.32 bits per heavy atom. The van der Waals surface area contributed by atoms with Gasteiger partial charge in [-0.25, -0.2) is 0 Å². The van der Waals surface area contributed by atoms with E-state index < -0.39 is 6.10 Å². The van der Waals surface area contributed by atoms with Crippen LogP contribution in [0.2, 0.25) is 0 Å². The molecule has 0 spiro atoms. The molecule has 6 nitrogen and oxygen atoms in total. The monoisotopic (exact) mass is 344 g/mol. The first kappa shape index (κ1) is 17.5. The van der Waals surface area contributed by atoms with Gasteiger partial charge in [-0.2, -0.15) is 0 Å². The molecule has 3 rings (SSSR count). The van der Waals surface area contributed by atoms with Crippen LogP contribution in [0.15, 0.2) is 34.9 Å². The van der Waals surface area contributed by atoms with Crippen molar-refractivity contribution in [2.75, 3.05) is 7.05 Å². The van der Waals surface area contributed by atoms with Crippen molar-refractivity contribution in [3.63, 3.8) is 0 Å². The number of rotatable bonds is 5. The smallest absolute Gasteiger partial charge is 0.227 e. The average Bonchev–Trinajstić information content (AvgIpc) is 3.12. The zero-order chi connectivity index (χ0) is 18.0. The summed E-state index contributed by atoms with van der Waals surface area (Å²) in [7, 11) is 1.74. The maximum Gasteiger partial charge on any atom is 0.227 e. The predicted octanol–water partition coefficient (Wildman–Crippen LogP) is 2.26. The van der Waals surface area contributed by atoms with Crippen LogP contribution in [0.25, 0.3) is 0 Å². The third-order valence-corrected chi connectivity index (χ3v) is 4.95. The van der Waals surface area contributed by atoms with Gasteiger partial charge in [0.1, 0.15) is 23.7 Å². The van der Waals surface area contributed by atoms with Crippen molar-refractivity contribution < 1.29 is 19.2 Å². The lowest BCUT2D eigenvalue weighted by atomic mass is 10.1. The van der Waals surface area contributed by atoms with E-state index in [9.17, 15) is 9.90 Å². The number of aliphatic hydroxyl groups is 1. The van der Waals surface area contributed by atoms with Gasteiger partial charge in [0.25, 0.3) is 0 Å². The molecule has 0 bridgehead atoms. The minimum atomic E-state index is -0.709. The van der Waals surface area contributed by atoms with Crippen molar-refractivity contribution >= 4 is 5.91 Å². The first-order valence-electron chi connectivity index (χ1n) is 8.54. The largest absolute Gasteiger partial charge is 0.488 e. The number of likely N-dealkylation sites (N-methyl/N-ethyl adjacent to an activating group) is 1. The molecule has 0 radical (unpaired) electrons. The number of aliphatic hydroxyl groups excluding tert-OH is 1. The molecule has 1 aromatic heterocycles. The van der Waals surface area contributed by atoms with Gasteiger partial charge in [-0.3, -0.25) is 4.79 Å². The van der Waals surface area contributed by atoms with Crippen molar-refractivity contribution in [1.82, 2.24) is 10.1 Å². The van der Waals surface area contributed by atoms with Crippen molar-refractivity contribution in [3.05, 3.63) is 47.3 Å². The zero-order valence-electron chi connectivity index (χ0n) is 14.8. The lowest BCUT2D eigenvalue weighted by Crippen LogP contribution is -2.46. The van der Waals surface area contributed by atoms with E-state index in [1.807, 2.05) is 37.3 Å². The summed E-state index contributed by atoms with van der Waals surface area (Å²) in [5, 5.41) is 14.5. The fraction of sp³-hybridized carbons (Fsp3) is 0.474. The molecule has 0 unspecified atom stereocenters. The highest BCUT2D eigenvalue weighted by molar-refractivity contribution is 5.79. The van der Waals surface area contributed by atoms with Gasteiger partial charge in [0, 0.05) is 12.6 Å². The number of nitrogens with zero attached hydrogens (tertiary/aromatic N) is 2. The predicted molar refractivity (Wildman–Crippen MR) is 92.3 cm³/mol. The Kier molecular flexibility index (Phi) is 5.08. The highest BCUT2D eigenvalue weighted by Gasteiger charge is 2.40. The SMILES string of the molecule is Cc1noc(C)c1CC(=O)N(C)[C@@H]1CC[C@@H](Oc2ccccc2)[C@@H]1O. The van der Waals surface area contributed by atoms with Crippen molar-refractivity contribution in [2.45, 2.75) is 51.4 Å². The fourth-order valence-corrected chi connectivity index (χ4v) is 3.36. The number of amides is 1. The van der Waals surface area contributed by atoms with Crippen LogP contribution in [0.1, 0.15) is 29.9 Å². The molecule has 0 aliphatic heterocycles. The number of aromatic nitrogens is 1. The molecule has 1 N–H and O–H groups in total. The molecule has 2 aromatic rings. The maximum absolute atomic E-state index is 12.6. The second-order valence-electron chi connectivity index (χ2n) is 6.59. The van der Waals surface area contributed by atoms with Crippen LogP contribution in [0, 0.1) is 13.8 Å². The third kappa shape index (κ3) is 3.69. The topological polar surface area (TPSA) is 75.8 Å². The van der Waals surface area contributed by atoms with Crippen LogP contribution < -0.4 is 4.74 Å². The van der Waals surface area contributed by atoms with Crippen LogP contribution in [0.4, 0.5) is 0 Å². The summed E-state index contributed by atoms with van der Waals surface area (Å²) in [6, 6.07) is 9.20. The lowest BCUT2D eigenvalue weighted by molar-refractivity contribution is -0.133. The van der Waals surface area contributed by atoms with E-state index in [1.165, 1.54) is 0 Å². The van der Waals surface area contributed by atoms with E-state index in [4.69, 9.17) is 9.26 Å². The number of hydrogen-bond donors (Lipinski definition) is 1. The van der Waals surface area contributed by atoms with Gasteiger partial charge in [-0.1, -0.05) is 23.4 Å². The summed E-state index contributed by atoms with van der Waals surface area (Å²) in [5.74, 6) is 1.34. The average molecular weight is 344 g/mol. The highest BCUT2D eigenvalue weighted by Crippen LogP contribution is 2.28. The summed E-state index contributed by atoms with van der Waals surface area (Å²) in [6.45, 7) is 3.63. The van der Waals surface area contributed by atoms with E-state index in [0.717, 1.165) is 17.0 Å². The van der Waals surface area contributed by atoms with Gasteiger partial charge in [-0.05, 0) is 38.8 Å². The summed E-state index contributed by atoms with van der Waals surface area (Å²) in [4.78, 5) is 14.2. The highest BCUT2D eigenvalue weighted by atomic mass is 16.5. The van der Waals surface area contributed by atoms with Crippen molar-refractivity contribution in [3.8, 4) is 5.75 Å². The molecule has 1 aliphatic carbocycles. The zero-order valence-corrected chi connectivity index (χ0v) is 14.8. The third-order valence-electron chi connectivity index (χ3n) is 4.95. The Labute approximate surface area is 147 Å². The first-order chi connectivity index (χ1) is 12.0. The van der Waals surface area contributed by atoms with Gasteiger partial charge in [0.05, 0.1) is 18.2 Å². The molecule has 6 heteroatoms. The Morgan fingerprint density at radius 3 is 2.68 bits per heavy atom. The van der Waals surface area contributed by atoms with E-state index in [0.29, 0.717) is 18.6 Å². The summed E-state index contributed by atoms with van der Waals surface area (Å²) >= 11 is 0. The molecule has 1 aliphatic rings. The van der Waals surface area contributed by atoms with E-state index >= 15 is 0 Å². The molecule has 25 heavy (non-hydrogen) atoms. The Morgan fingerprint density at radius 2 is 2.04 bits per heavy atom. The van der Waals surface area contributed by atoms with Crippen LogP contribution >= 0.6 is 0 Å². The Bertz CT molecular complexity index is 709. The van der Waals surface area contributed by atoms with Crippen LogP contribution in [0.5, 0.6) is 5.75 Å². The summed E-state index contributed by atoms with van der Waals surface area (Å²) < 4.78 is 11.0. The summed E-state index contributed by atoms with van der Waals surface area (Å²) in [5.41, 5.74) is 1.55. The van der Waals surface area contributed by atoms with Crippen LogP contribution in [-0.2, 0) is 11.2 Å². The van der Waals surface area contributed by atoms with Crippen molar-refractivity contribution in [1.29, 1.82) is 0 Å². The van der Waals surface area contributed by atoms with Gasteiger partial charge in [0.2, 0.25) is 5.91 Å². The first-order valence-corrected chi connectivity index (χ1v) is 8.54. The lowest BCUT2D eigenvalue weighted by Gasteiger charge is -2.29. The normalized spacial score (nSPS) is 22.8. The molecule has 1 heterocycles. The number of carbonyl (C=O) groups excluding carboxylic acids is 1. The number of hydrogen-bond acceptors (Lipinski definition) is 5. The van der Waals surface area contributed by atoms with E-state index in [1.54, 1.807) is 18.9 Å². The second kappa shape index (κ2) is 7.27. The van der Waals surface area contributed by atoms with Gasteiger partial charge in [0.15, 0.2) is 0 Å². The Hall–Kier alpha value is -2.34. The second-order valence-corrected chi connectivity index (χ2v) is 6.59. The quantitative estimate of drug-likeness (QED) is 0.900. The fourth-order valence-electron chi connectivity index (χ4n) is 3.36. The van der Waals surface area contributed by atoms with Gasteiger partial charge in [-0.15, -0.1) is 0 Å². The minimum Gasteiger partial charge on any atom is -0.488 e. The van der Waals surface area contributed by atoms with Gasteiger partial charge >= 0.3 is 0 Å². The molecular formula is C19H24N2O4. The molecular weight excluding hydrogens is 320 g/mol. The maximum atomic E-state index is 12.6. The number of ether oxygens (including phenoxy) is 1. The summed E-state index contributed by atoms with van der Waals surface area (Å²) in [6.07, 6.45) is 0.637. The number of para-hydroxylation sites is 1.